The summed E-state index contributed by atoms with van der Waals surface area (Å²) in [4.78, 5) is 0. The normalized spacial score (nSPS) is 46.6. The molecule has 2 aliphatic carbocycles. The van der Waals surface area contributed by atoms with E-state index in [1.807, 2.05) is 0 Å². The van der Waals surface area contributed by atoms with Gasteiger partial charge in [0.2, 0.25) is 0 Å². The van der Waals surface area contributed by atoms with E-state index in [1.54, 1.807) is 0 Å². The van der Waals surface area contributed by atoms with E-state index in [-0.39, 0.29) is 0 Å². The van der Waals surface area contributed by atoms with Crippen LogP contribution in [0.5, 0.6) is 0 Å². The molecule has 0 spiro atoms. The van der Waals surface area contributed by atoms with E-state index < -0.39 is 0 Å². The third kappa shape index (κ3) is 0.834. The fourth-order valence-corrected chi connectivity index (χ4v) is 2.62. The second-order valence-corrected chi connectivity index (χ2v) is 3.82. The van der Waals surface area contributed by atoms with E-state index in [0.29, 0.717) is 29.4 Å². The van der Waals surface area contributed by atoms with Gasteiger partial charge < -0.3 is 5.11 Å². The minimum atomic E-state index is 0.338. The summed E-state index contributed by atoms with van der Waals surface area (Å²) in [6.07, 6.45) is 5.75. The van der Waals surface area contributed by atoms with Crippen LogP contribution in [0.3, 0.4) is 0 Å². The maximum Gasteiger partial charge on any atom is 0.0890 e. The zero-order valence-corrected chi connectivity index (χ0v) is 6.83. The van der Waals surface area contributed by atoms with Gasteiger partial charge in [-0.25, -0.2) is 0 Å². The summed E-state index contributed by atoms with van der Waals surface area (Å²) in [6, 6.07) is 0. The first-order valence-electron chi connectivity index (χ1n) is 4.26. The highest BCUT2D eigenvalue weighted by atomic mass is 16.3. The third-order valence-corrected chi connectivity index (χ3v) is 3.24. The molecule has 0 unspecified atom stereocenters. The van der Waals surface area contributed by atoms with Gasteiger partial charge in [0.05, 0.1) is 5.76 Å². The maximum absolute atomic E-state index is 9.32. The Bertz CT molecular complexity index is 217. The van der Waals surface area contributed by atoms with E-state index in [2.05, 4.69) is 25.7 Å². The van der Waals surface area contributed by atoms with Crippen LogP contribution in [0, 0.1) is 23.7 Å². The maximum atomic E-state index is 9.32. The molecule has 0 saturated heterocycles. The Morgan fingerprint density at radius 3 is 2.45 bits per heavy atom. The molecule has 2 rings (SSSR count). The second kappa shape index (κ2) is 2.13. The first-order chi connectivity index (χ1) is 5.20. The molecule has 1 fully saturated rings. The lowest BCUT2D eigenvalue weighted by Crippen LogP contribution is -2.18. The number of aliphatic hydroxyl groups is 1. The highest BCUT2D eigenvalue weighted by Gasteiger charge is 2.43. The predicted octanol–water partition coefficient (Wildman–Crippen LogP) is 2.52. The molecule has 0 amide bonds. The molecule has 2 bridgehead atoms. The average molecular weight is 150 g/mol. The van der Waals surface area contributed by atoms with Crippen LogP contribution >= 0.6 is 0 Å². The quantitative estimate of drug-likeness (QED) is 0.450. The van der Waals surface area contributed by atoms with E-state index in [1.165, 1.54) is 6.42 Å². The Kier molecular flexibility index (Phi) is 1.35. The van der Waals surface area contributed by atoms with Crippen molar-refractivity contribution >= 4 is 0 Å². The first kappa shape index (κ1) is 6.96. The van der Waals surface area contributed by atoms with Crippen LogP contribution in [0.15, 0.2) is 24.5 Å². The molecule has 1 nitrogen and oxygen atoms in total. The fourth-order valence-electron chi connectivity index (χ4n) is 2.62. The van der Waals surface area contributed by atoms with Gasteiger partial charge in [-0.3, -0.25) is 0 Å². The molecule has 1 heteroatoms. The SMILES string of the molecule is C=C(O)[C@@H]1[C@@H](C)[C@H]2C=C[C@@H]1C2. The van der Waals surface area contributed by atoms with Gasteiger partial charge in [-0.05, 0) is 24.2 Å². The molecule has 1 N–H and O–H groups in total. The van der Waals surface area contributed by atoms with Crippen molar-refractivity contribution in [3.63, 3.8) is 0 Å². The van der Waals surface area contributed by atoms with Gasteiger partial charge in [0.1, 0.15) is 0 Å². The Morgan fingerprint density at radius 1 is 1.45 bits per heavy atom. The van der Waals surface area contributed by atoms with Crippen molar-refractivity contribution in [3.8, 4) is 0 Å². The highest BCUT2D eigenvalue weighted by molar-refractivity contribution is 5.17. The van der Waals surface area contributed by atoms with Crippen molar-refractivity contribution in [2.24, 2.45) is 23.7 Å². The molecule has 0 aromatic rings. The van der Waals surface area contributed by atoms with Gasteiger partial charge in [-0.1, -0.05) is 25.7 Å². The molecule has 60 valence electrons. The van der Waals surface area contributed by atoms with E-state index in [4.69, 9.17) is 0 Å². The average Bonchev–Trinajstić information content (AvgIpc) is 2.44. The molecular formula is C10H14O. The lowest BCUT2D eigenvalue weighted by Gasteiger charge is -2.23. The molecule has 0 aromatic heterocycles. The van der Waals surface area contributed by atoms with Crippen LogP contribution in [-0.2, 0) is 0 Å². The molecule has 0 aliphatic heterocycles. The summed E-state index contributed by atoms with van der Waals surface area (Å²) in [5.74, 6) is 2.60. The van der Waals surface area contributed by atoms with Gasteiger partial charge in [0.25, 0.3) is 0 Å². The minimum Gasteiger partial charge on any atom is -0.513 e. The van der Waals surface area contributed by atoms with Crippen LogP contribution in [-0.4, -0.2) is 5.11 Å². The largest absolute Gasteiger partial charge is 0.513 e. The van der Waals surface area contributed by atoms with Crippen molar-refractivity contribution in [2.75, 3.05) is 0 Å². The molecular weight excluding hydrogens is 136 g/mol. The van der Waals surface area contributed by atoms with E-state index >= 15 is 0 Å². The smallest absolute Gasteiger partial charge is 0.0890 e. The first-order valence-corrected chi connectivity index (χ1v) is 4.26. The summed E-state index contributed by atoms with van der Waals surface area (Å²) in [7, 11) is 0. The number of allylic oxidation sites excluding steroid dienone is 3. The van der Waals surface area contributed by atoms with E-state index in [9.17, 15) is 5.11 Å². The third-order valence-electron chi connectivity index (χ3n) is 3.24. The van der Waals surface area contributed by atoms with Gasteiger partial charge in [-0.2, -0.15) is 0 Å². The summed E-state index contributed by atoms with van der Waals surface area (Å²) in [5, 5.41) is 9.32. The van der Waals surface area contributed by atoms with Crippen molar-refractivity contribution < 1.29 is 5.11 Å². The van der Waals surface area contributed by atoms with Gasteiger partial charge in [0, 0.05) is 5.92 Å². The number of hydrogen-bond donors (Lipinski definition) is 1. The number of aliphatic hydroxyl groups excluding tert-OH is 1. The van der Waals surface area contributed by atoms with Crippen molar-refractivity contribution in [2.45, 2.75) is 13.3 Å². The van der Waals surface area contributed by atoms with Crippen molar-refractivity contribution in [3.05, 3.63) is 24.5 Å². The van der Waals surface area contributed by atoms with Crippen LogP contribution in [0.2, 0.25) is 0 Å². The van der Waals surface area contributed by atoms with Gasteiger partial charge in [0.15, 0.2) is 0 Å². The molecule has 1 saturated carbocycles. The number of fused-ring (bicyclic) bond motifs is 2. The Hall–Kier alpha value is -0.720. The van der Waals surface area contributed by atoms with Gasteiger partial charge in [-0.15, -0.1) is 0 Å². The molecule has 11 heavy (non-hydrogen) atoms. The van der Waals surface area contributed by atoms with Crippen molar-refractivity contribution in [1.29, 1.82) is 0 Å². The van der Waals surface area contributed by atoms with Crippen LogP contribution in [0.1, 0.15) is 13.3 Å². The Labute approximate surface area is 67.4 Å². The summed E-state index contributed by atoms with van der Waals surface area (Å²) in [5.41, 5.74) is 0. The molecule has 0 heterocycles. The molecule has 2 aliphatic rings. The number of hydrogen-bond acceptors (Lipinski definition) is 1. The highest BCUT2D eigenvalue weighted by Crippen LogP contribution is 2.49. The van der Waals surface area contributed by atoms with Crippen LogP contribution in [0.25, 0.3) is 0 Å². The molecule has 4 atom stereocenters. The fraction of sp³-hybridized carbons (Fsp3) is 0.600. The standard InChI is InChI=1S/C10H14O/c1-6-8-3-4-9(5-8)10(6)7(2)11/h3-4,6,8-11H,2,5H2,1H3/t6-,8-,9+,10-/m0/s1. The van der Waals surface area contributed by atoms with Crippen molar-refractivity contribution in [1.82, 2.24) is 0 Å². The lowest BCUT2D eigenvalue weighted by molar-refractivity contribution is 0.260. The Balaban J connectivity index is 2.25. The van der Waals surface area contributed by atoms with E-state index in [0.717, 1.165) is 0 Å². The predicted molar refractivity (Wildman–Crippen MR) is 45.2 cm³/mol. The molecule has 0 aromatic carbocycles. The zero-order valence-electron chi connectivity index (χ0n) is 6.83. The molecule has 0 radical (unpaired) electrons. The summed E-state index contributed by atoms with van der Waals surface area (Å²) < 4.78 is 0. The summed E-state index contributed by atoms with van der Waals surface area (Å²) >= 11 is 0. The topological polar surface area (TPSA) is 20.2 Å². The second-order valence-electron chi connectivity index (χ2n) is 3.82. The van der Waals surface area contributed by atoms with Gasteiger partial charge >= 0.3 is 0 Å². The lowest BCUT2D eigenvalue weighted by atomic mass is 9.83. The monoisotopic (exact) mass is 150 g/mol. The minimum absolute atomic E-state index is 0.338. The number of rotatable bonds is 1. The van der Waals surface area contributed by atoms with Crippen LogP contribution < -0.4 is 0 Å². The summed E-state index contributed by atoms with van der Waals surface area (Å²) in [6.45, 7) is 5.84. The Morgan fingerprint density at radius 2 is 2.09 bits per heavy atom. The van der Waals surface area contributed by atoms with Crippen LogP contribution in [0.4, 0.5) is 0 Å². The zero-order chi connectivity index (χ0) is 8.01.